The smallest absolute Gasteiger partial charge is 0.316 e. The number of aryl methyl sites for hydroxylation is 2. The number of carbonyl (C=O) groups is 1. The molecule has 8 heteroatoms. The summed E-state index contributed by atoms with van der Waals surface area (Å²) in [4.78, 5) is 15.6. The number of hydrogen-bond donors (Lipinski definition) is 1. The molecule has 3 rings (SSSR count). The van der Waals surface area contributed by atoms with Crippen LogP contribution in [-0.2, 0) is 17.4 Å². The second-order valence-corrected chi connectivity index (χ2v) is 8.18. The Kier molecular flexibility index (Phi) is 8.28. The zero-order valence-corrected chi connectivity index (χ0v) is 18.8. The van der Waals surface area contributed by atoms with Crippen LogP contribution < -0.4 is 10.6 Å². The van der Waals surface area contributed by atoms with Crippen molar-refractivity contribution in [1.82, 2.24) is 0 Å². The zero-order chi connectivity index (χ0) is 21.9. The first-order chi connectivity index (χ1) is 14.2. The molecule has 31 heavy (non-hydrogen) atoms. The van der Waals surface area contributed by atoms with Crippen LogP contribution >= 0.6 is 23.7 Å². The van der Waals surface area contributed by atoms with E-state index < -0.39 is 17.8 Å². The van der Waals surface area contributed by atoms with Crippen LogP contribution in [0.4, 0.5) is 18.9 Å². The molecule has 0 saturated carbocycles. The quantitative estimate of drug-likeness (QED) is 0.476. The number of benzene rings is 2. The summed E-state index contributed by atoms with van der Waals surface area (Å²) in [7, 11) is 0. The van der Waals surface area contributed by atoms with Gasteiger partial charge in [-0.1, -0.05) is 24.3 Å². The molecule has 3 aromatic rings. The van der Waals surface area contributed by atoms with Crippen molar-refractivity contribution < 1.29 is 18.0 Å². The predicted octanol–water partition coefficient (Wildman–Crippen LogP) is 6.08. The van der Waals surface area contributed by atoms with Crippen molar-refractivity contribution in [3.05, 3.63) is 87.1 Å². The van der Waals surface area contributed by atoms with Gasteiger partial charge in [0.2, 0.25) is 5.91 Å². The van der Waals surface area contributed by atoms with Gasteiger partial charge in [0.05, 0.1) is 5.56 Å². The molecule has 1 amide bonds. The van der Waals surface area contributed by atoms with Crippen molar-refractivity contribution in [2.75, 3.05) is 11.4 Å². The summed E-state index contributed by atoms with van der Waals surface area (Å²) in [6, 6.07) is 13.6. The van der Waals surface area contributed by atoms with Crippen LogP contribution in [0.3, 0.4) is 0 Å². The second kappa shape index (κ2) is 10.3. The SMILES string of the molecule is Cc1ccc(N(CCc2ccc(C(F)(F)F)cc2)C(=O)[C@H](N)c2cccs2)cc1C.Cl. The Morgan fingerprint density at radius 2 is 1.74 bits per heavy atom. The third kappa shape index (κ3) is 6.09. The van der Waals surface area contributed by atoms with Gasteiger partial charge >= 0.3 is 6.18 Å². The molecule has 1 heterocycles. The van der Waals surface area contributed by atoms with Gasteiger partial charge in [-0.2, -0.15) is 13.2 Å². The Bertz CT molecular complexity index is 1000. The maximum absolute atomic E-state index is 13.2. The van der Waals surface area contributed by atoms with Crippen molar-refractivity contribution in [3.63, 3.8) is 0 Å². The standard InChI is InChI=1S/C23H23F3N2OS.ClH/c1-15-5-10-19(14-16(15)2)28(22(29)21(27)20-4-3-13-30-20)12-11-17-6-8-18(9-7-17)23(24,25)26;/h3-10,13-14,21H,11-12,27H2,1-2H3;1H/t21-;/m1./s1. The van der Waals surface area contributed by atoms with Gasteiger partial charge in [0, 0.05) is 17.1 Å². The van der Waals surface area contributed by atoms with Crippen molar-refractivity contribution in [2.24, 2.45) is 5.73 Å². The molecule has 0 aliphatic carbocycles. The minimum absolute atomic E-state index is 0. The van der Waals surface area contributed by atoms with Crippen LogP contribution in [0.5, 0.6) is 0 Å². The van der Waals surface area contributed by atoms with Gasteiger partial charge < -0.3 is 10.6 Å². The topological polar surface area (TPSA) is 46.3 Å². The summed E-state index contributed by atoms with van der Waals surface area (Å²) in [6.45, 7) is 4.27. The van der Waals surface area contributed by atoms with Gasteiger partial charge in [-0.05, 0) is 72.7 Å². The van der Waals surface area contributed by atoms with Crippen LogP contribution in [0.25, 0.3) is 0 Å². The molecule has 0 radical (unpaired) electrons. The van der Waals surface area contributed by atoms with Crippen LogP contribution in [0.2, 0.25) is 0 Å². The fourth-order valence-electron chi connectivity index (χ4n) is 3.12. The molecule has 0 saturated heterocycles. The first-order valence-electron chi connectivity index (χ1n) is 9.50. The van der Waals surface area contributed by atoms with E-state index in [2.05, 4.69) is 0 Å². The predicted molar refractivity (Wildman–Crippen MR) is 122 cm³/mol. The lowest BCUT2D eigenvalue weighted by Crippen LogP contribution is -2.39. The zero-order valence-electron chi connectivity index (χ0n) is 17.1. The van der Waals surface area contributed by atoms with E-state index in [1.54, 1.807) is 4.90 Å². The number of rotatable bonds is 6. The summed E-state index contributed by atoms with van der Waals surface area (Å²) in [5, 5.41) is 1.87. The molecule has 0 fully saturated rings. The van der Waals surface area contributed by atoms with E-state index in [1.165, 1.54) is 23.5 Å². The fourth-order valence-corrected chi connectivity index (χ4v) is 3.84. The summed E-state index contributed by atoms with van der Waals surface area (Å²) in [5.74, 6) is -0.243. The van der Waals surface area contributed by atoms with E-state index in [9.17, 15) is 18.0 Å². The lowest BCUT2D eigenvalue weighted by molar-refractivity contribution is -0.137. The Morgan fingerprint density at radius 3 is 2.29 bits per heavy atom. The normalized spacial score (nSPS) is 12.2. The number of halogens is 4. The van der Waals surface area contributed by atoms with E-state index >= 15 is 0 Å². The number of nitrogens with zero attached hydrogens (tertiary/aromatic N) is 1. The third-order valence-electron chi connectivity index (χ3n) is 5.09. The van der Waals surface area contributed by atoms with Gasteiger partial charge in [-0.15, -0.1) is 23.7 Å². The Balaban J connectivity index is 0.00000341. The Hall–Kier alpha value is -2.35. The number of hydrogen-bond acceptors (Lipinski definition) is 3. The highest BCUT2D eigenvalue weighted by atomic mass is 35.5. The molecule has 0 bridgehead atoms. The van der Waals surface area contributed by atoms with Crippen molar-refractivity contribution >= 4 is 35.3 Å². The molecule has 166 valence electrons. The molecule has 1 aromatic heterocycles. The second-order valence-electron chi connectivity index (χ2n) is 7.20. The highest BCUT2D eigenvalue weighted by molar-refractivity contribution is 7.10. The lowest BCUT2D eigenvalue weighted by atomic mass is 10.1. The maximum atomic E-state index is 13.2. The number of nitrogens with two attached hydrogens (primary N) is 1. The summed E-state index contributed by atoms with van der Waals surface area (Å²) < 4.78 is 38.4. The van der Waals surface area contributed by atoms with Crippen molar-refractivity contribution in [3.8, 4) is 0 Å². The average molecular weight is 469 g/mol. The van der Waals surface area contributed by atoms with E-state index in [-0.39, 0.29) is 18.3 Å². The van der Waals surface area contributed by atoms with Crippen molar-refractivity contribution in [2.45, 2.75) is 32.5 Å². The summed E-state index contributed by atoms with van der Waals surface area (Å²) in [5.41, 5.74) is 9.13. The van der Waals surface area contributed by atoms with Gasteiger partial charge in [0.1, 0.15) is 6.04 Å². The van der Waals surface area contributed by atoms with Crippen molar-refractivity contribution in [1.29, 1.82) is 0 Å². The largest absolute Gasteiger partial charge is 0.416 e. The number of carbonyl (C=O) groups excluding carboxylic acids is 1. The van der Waals surface area contributed by atoms with E-state index in [4.69, 9.17) is 5.73 Å². The molecule has 3 nitrogen and oxygen atoms in total. The molecule has 0 unspecified atom stereocenters. The number of thiophene rings is 1. The molecule has 0 aliphatic rings. The van der Waals surface area contributed by atoms with Gasteiger partial charge in [-0.25, -0.2) is 0 Å². The fraction of sp³-hybridized carbons (Fsp3) is 0.261. The first kappa shape index (κ1) is 24.9. The maximum Gasteiger partial charge on any atom is 0.416 e. The molecule has 2 N–H and O–H groups in total. The number of alkyl halides is 3. The highest BCUT2D eigenvalue weighted by Crippen LogP contribution is 2.29. The first-order valence-corrected chi connectivity index (χ1v) is 10.4. The molecule has 2 aromatic carbocycles. The van der Waals surface area contributed by atoms with Crippen LogP contribution in [-0.4, -0.2) is 12.5 Å². The van der Waals surface area contributed by atoms with E-state index in [0.717, 1.165) is 33.8 Å². The summed E-state index contributed by atoms with van der Waals surface area (Å²) in [6.07, 6.45) is -3.96. The van der Waals surface area contributed by atoms with E-state index in [0.29, 0.717) is 18.5 Å². The van der Waals surface area contributed by atoms with Crippen LogP contribution in [0, 0.1) is 13.8 Å². The van der Waals surface area contributed by atoms with Gasteiger partial charge in [0.15, 0.2) is 0 Å². The summed E-state index contributed by atoms with van der Waals surface area (Å²) >= 11 is 1.42. The highest BCUT2D eigenvalue weighted by Gasteiger charge is 2.30. The number of anilines is 1. The minimum atomic E-state index is -4.37. The van der Waals surface area contributed by atoms with Crippen LogP contribution in [0.1, 0.15) is 33.2 Å². The lowest BCUT2D eigenvalue weighted by Gasteiger charge is -2.26. The monoisotopic (exact) mass is 468 g/mol. The molecular weight excluding hydrogens is 445 g/mol. The molecule has 1 atom stereocenters. The number of amides is 1. The third-order valence-corrected chi connectivity index (χ3v) is 6.04. The Labute approximate surface area is 190 Å². The van der Waals surface area contributed by atoms with Gasteiger partial charge in [-0.3, -0.25) is 4.79 Å². The van der Waals surface area contributed by atoms with Gasteiger partial charge in [0.25, 0.3) is 0 Å². The average Bonchev–Trinajstić information content (AvgIpc) is 3.24. The van der Waals surface area contributed by atoms with E-state index in [1.807, 2.05) is 49.6 Å². The minimum Gasteiger partial charge on any atom is -0.316 e. The molecule has 0 spiro atoms. The molecular formula is C23H24ClF3N2OS. The molecule has 0 aliphatic heterocycles. The van der Waals surface area contributed by atoms with Crippen LogP contribution in [0.15, 0.2) is 60.0 Å². The Morgan fingerprint density at radius 1 is 1.06 bits per heavy atom.